The van der Waals surface area contributed by atoms with E-state index >= 15 is 0 Å². The summed E-state index contributed by atoms with van der Waals surface area (Å²) >= 11 is 0. The van der Waals surface area contributed by atoms with Gasteiger partial charge in [0, 0.05) is 0 Å². The Labute approximate surface area is 136 Å². The van der Waals surface area contributed by atoms with Crippen LogP contribution in [0.2, 0.25) is 0 Å². The molecule has 0 radical (unpaired) electrons. The predicted octanol–water partition coefficient (Wildman–Crippen LogP) is 2.32. The van der Waals surface area contributed by atoms with Gasteiger partial charge >= 0.3 is 5.97 Å². The number of hydrogen-bond donors (Lipinski definition) is 1. The number of hydrogen-bond acceptors (Lipinski definition) is 4. The first-order valence-electron chi connectivity index (χ1n) is 8.24. The summed E-state index contributed by atoms with van der Waals surface area (Å²) in [5, 5.41) is 5.21. The minimum Gasteiger partial charge on any atom is -0.458 e. The molecule has 6 heteroatoms. The number of nitrogens with two attached hydrogens (primary N) is 1. The van der Waals surface area contributed by atoms with Crippen molar-refractivity contribution in [1.82, 2.24) is 0 Å². The van der Waals surface area contributed by atoms with E-state index in [2.05, 4.69) is 0 Å². The van der Waals surface area contributed by atoms with Crippen LogP contribution in [0.1, 0.15) is 42.5 Å². The van der Waals surface area contributed by atoms with Crippen molar-refractivity contribution in [3.05, 3.63) is 29.8 Å². The molecule has 4 aliphatic rings. The molecule has 0 aromatic heterocycles. The first-order valence-corrected chi connectivity index (χ1v) is 9.79. The van der Waals surface area contributed by atoms with E-state index in [1.165, 1.54) is 18.6 Å². The van der Waals surface area contributed by atoms with Gasteiger partial charge in [-0.1, -0.05) is 12.1 Å². The molecule has 0 atom stereocenters. The van der Waals surface area contributed by atoms with E-state index < -0.39 is 16.0 Å². The lowest BCUT2D eigenvalue weighted by Crippen LogP contribution is -2.50. The summed E-state index contributed by atoms with van der Waals surface area (Å²) in [4.78, 5) is 12.4. The molecule has 0 unspecified atom stereocenters. The van der Waals surface area contributed by atoms with Gasteiger partial charge in [0.25, 0.3) is 0 Å². The molecule has 4 saturated carbocycles. The zero-order valence-electron chi connectivity index (χ0n) is 12.9. The van der Waals surface area contributed by atoms with E-state index in [1.807, 2.05) is 0 Å². The third kappa shape index (κ3) is 2.68. The molecule has 0 heterocycles. The van der Waals surface area contributed by atoms with Crippen molar-refractivity contribution in [2.45, 2.75) is 43.1 Å². The number of benzene rings is 1. The first-order chi connectivity index (χ1) is 10.9. The van der Waals surface area contributed by atoms with Crippen molar-refractivity contribution in [2.75, 3.05) is 0 Å². The molecule has 4 fully saturated rings. The summed E-state index contributed by atoms with van der Waals surface area (Å²) < 4.78 is 29.1. The van der Waals surface area contributed by atoms with Gasteiger partial charge in [0.2, 0.25) is 10.0 Å². The maximum atomic E-state index is 12.6. The molecule has 2 N–H and O–H groups in total. The Bertz CT molecular complexity index is 715. The van der Waals surface area contributed by atoms with E-state index in [-0.39, 0.29) is 16.6 Å². The molecule has 0 spiro atoms. The van der Waals surface area contributed by atoms with Gasteiger partial charge in [-0.2, -0.15) is 0 Å². The highest BCUT2D eigenvalue weighted by atomic mass is 32.2. The van der Waals surface area contributed by atoms with Crippen molar-refractivity contribution in [1.29, 1.82) is 0 Å². The Morgan fingerprint density at radius 1 is 1.00 bits per heavy atom. The summed E-state index contributed by atoms with van der Waals surface area (Å²) in [6.45, 7) is 0. The van der Waals surface area contributed by atoms with Gasteiger partial charge in [0.05, 0.1) is 10.5 Å². The quantitative estimate of drug-likeness (QED) is 0.859. The second kappa shape index (κ2) is 5.31. The van der Waals surface area contributed by atoms with E-state index in [0.717, 1.165) is 37.5 Å². The zero-order chi connectivity index (χ0) is 16.2. The Morgan fingerprint density at radius 3 is 2.13 bits per heavy atom. The molecule has 1 aromatic rings. The van der Waals surface area contributed by atoms with Crippen LogP contribution in [0, 0.1) is 23.7 Å². The van der Waals surface area contributed by atoms with Gasteiger partial charge in [0.1, 0.15) is 6.10 Å². The number of carbonyl (C=O) groups is 1. The third-order valence-corrected chi connectivity index (χ3v) is 6.77. The van der Waals surface area contributed by atoms with Crippen LogP contribution in [-0.4, -0.2) is 20.5 Å². The first kappa shape index (κ1) is 15.1. The molecule has 23 heavy (non-hydrogen) atoms. The maximum Gasteiger partial charge on any atom is 0.339 e. The Balaban J connectivity index is 1.58. The van der Waals surface area contributed by atoms with Crippen LogP contribution in [0.4, 0.5) is 0 Å². The van der Waals surface area contributed by atoms with E-state index in [1.54, 1.807) is 12.1 Å². The normalized spacial score (nSPS) is 35.3. The number of ether oxygens (including phenoxy) is 1. The molecule has 5 rings (SSSR count). The number of rotatable bonds is 3. The second-order valence-corrected chi connectivity index (χ2v) is 8.87. The highest BCUT2D eigenvalue weighted by Gasteiger charge is 2.50. The van der Waals surface area contributed by atoms with Crippen LogP contribution in [0.25, 0.3) is 0 Å². The topological polar surface area (TPSA) is 86.5 Å². The number of sulfonamides is 1. The summed E-state index contributed by atoms with van der Waals surface area (Å²) in [5.74, 6) is 1.91. The van der Waals surface area contributed by atoms with Crippen LogP contribution in [0.3, 0.4) is 0 Å². The summed E-state index contributed by atoms with van der Waals surface area (Å²) in [7, 11) is -3.94. The van der Waals surface area contributed by atoms with Gasteiger partial charge in [-0.05, 0) is 67.9 Å². The van der Waals surface area contributed by atoms with Crippen molar-refractivity contribution in [3.8, 4) is 0 Å². The molecule has 124 valence electrons. The molecule has 4 aliphatic carbocycles. The fourth-order valence-electron chi connectivity index (χ4n) is 5.14. The molecule has 5 nitrogen and oxygen atoms in total. The molecule has 0 saturated heterocycles. The summed E-state index contributed by atoms with van der Waals surface area (Å²) in [6.07, 6.45) is 5.83. The highest BCUT2D eigenvalue weighted by Crippen LogP contribution is 2.54. The Hall–Kier alpha value is -1.40. The summed E-state index contributed by atoms with van der Waals surface area (Å²) in [6, 6.07) is 6.00. The lowest BCUT2D eigenvalue weighted by molar-refractivity contribution is -0.101. The van der Waals surface area contributed by atoms with Crippen molar-refractivity contribution >= 4 is 16.0 Å². The predicted molar refractivity (Wildman–Crippen MR) is 84.1 cm³/mol. The van der Waals surface area contributed by atoms with Crippen LogP contribution < -0.4 is 5.14 Å². The van der Waals surface area contributed by atoms with E-state index in [0.29, 0.717) is 11.8 Å². The number of primary sulfonamides is 1. The van der Waals surface area contributed by atoms with Gasteiger partial charge < -0.3 is 4.74 Å². The average molecular weight is 335 g/mol. The maximum absolute atomic E-state index is 12.6. The zero-order valence-corrected chi connectivity index (χ0v) is 13.7. The standard InChI is InChI=1S/C17H21NO4S/c18-23(20,21)15-4-2-1-3-14(15)17(19)22-16-12-6-10-5-11(8-12)9-13(16)7-10/h1-4,10-13,16H,5-9H2,(H2,18,20,21). The minimum atomic E-state index is -3.94. The fraction of sp³-hybridized carbons (Fsp3) is 0.588. The fourth-order valence-corrected chi connectivity index (χ4v) is 5.86. The van der Waals surface area contributed by atoms with Gasteiger partial charge in [0.15, 0.2) is 0 Å². The van der Waals surface area contributed by atoms with Gasteiger partial charge in [-0.15, -0.1) is 0 Å². The second-order valence-electron chi connectivity index (χ2n) is 7.34. The molecule has 1 aromatic carbocycles. The van der Waals surface area contributed by atoms with E-state index in [9.17, 15) is 13.2 Å². The highest BCUT2D eigenvalue weighted by molar-refractivity contribution is 7.89. The van der Waals surface area contributed by atoms with Gasteiger partial charge in [-0.3, -0.25) is 0 Å². The molecule has 4 bridgehead atoms. The Kier molecular flexibility index (Phi) is 3.50. The number of esters is 1. The number of carbonyl (C=O) groups excluding carboxylic acids is 1. The van der Waals surface area contributed by atoms with Gasteiger partial charge in [-0.25, -0.2) is 18.4 Å². The third-order valence-electron chi connectivity index (χ3n) is 5.80. The van der Waals surface area contributed by atoms with Crippen molar-refractivity contribution in [2.24, 2.45) is 28.8 Å². The largest absolute Gasteiger partial charge is 0.458 e. The monoisotopic (exact) mass is 335 g/mol. The summed E-state index contributed by atoms with van der Waals surface area (Å²) in [5.41, 5.74) is 0.0452. The minimum absolute atomic E-state index is 0.0452. The van der Waals surface area contributed by atoms with Crippen LogP contribution >= 0.6 is 0 Å². The van der Waals surface area contributed by atoms with Crippen molar-refractivity contribution in [3.63, 3.8) is 0 Å². The average Bonchev–Trinajstić information content (AvgIpc) is 2.49. The Morgan fingerprint density at radius 2 is 1.57 bits per heavy atom. The van der Waals surface area contributed by atoms with Crippen LogP contribution in [0.5, 0.6) is 0 Å². The molecular weight excluding hydrogens is 314 g/mol. The van der Waals surface area contributed by atoms with Crippen LogP contribution in [0.15, 0.2) is 29.2 Å². The SMILES string of the molecule is NS(=O)(=O)c1ccccc1C(=O)OC1C2CC3CC(C2)CC1C3. The smallest absolute Gasteiger partial charge is 0.339 e. The van der Waals surface area contributed by atoms with Crippen LogP contribution in [-0.2, 0) is 14.8 Å². The lowest BCUT2D eigenvalue weighted by Gasteiger charge is -2.53. The molecule has 0 amide bonds. The molecule has 0 aliphatic heterocycles. The molecular formula is C17H21NO4S. The lowest BCUT2D eigenvalue weighted by atomic mass is 9.55. The van der Waals surface area contributed by atoms with Crippen molar-refractivity contribution < 1.29 is 17.9 Å². The van der Waals surface area contributed by atoms with E-state index in [4.69, 9.17) is 9.88 Å².